The van der Waals surface area contributed by atoms with E-state index in [2.05, 4.69) is 17.9 Å². The molecule has 1 amide bonds. The van der Waals surface area contributed by atoms with E-state index in [1.165, 1.54) is 0 Å². The monoisotopic (exact) mass is 269 g/mol. The minimum atomic E-state index is -1.01. The SMILES string of the molecule is CC(CO)(CO)NC(=O)C(S)Cc1ccccc1. The predicted octanol–water partition coefficient (Wildman–Crippen LogP) is 0.387. The second-order valence-corrected chi connectivity index (χ2v) is 5.20. The fourth-order valence-electron chi connectivity index (χ4n) is 1.44. The number of aliphatic hydroxyl groups excluding tert-OH is 2. The number of carbonyl (C=O) groups is 1. The van der Waals surface area contributed by atoms with Gasteiger partial charge in [-0.05, 0) is 18.9 Å². The van der Waals surface area contributed by atoms with Crippen molar-refractivity contribution in [3.8, 4) is 0 Å². The molecule has 1 rings (SSSR count). The maximum absolute atomic E-state index is 11.9. The van der Waals surface area contributed by atoms with Crippen LogP contribution in [0.25, 0.3) is 0 Å². The Balaban J connectivity index is 2.57. The average molecular weight is 269 g/mol. The molecular formula is C13H19NO3S. The Hall–Kier alpha value is -1.04. The molecule has 0 bridgehead atoms. The van der Waals surface area contributed by atoms with Crippen LogP contribution in [0.2, 0.25) is 0 Å². The van der Waals surface area contributed by atoms with Gasteiger partial charge in [0.15, 0.2) is 0 Å². The summed E-state index contributed by atoms with van der Waals surface area (Å²) in [7, 11) is 0. The highest BCUT2D eigenvalue weighted by molar-refractivity contribution is 7.81. The first-order valence-electron chi connectivity index (χ1n) is 5.76. The van der Waals surface area contributed by atoms with E-state index in [1.54, 1.807) is 6.92 Å². The van der Waals surface area contributed by atoms with Gasteiger partial charge in [0.05, 0.1) is 24.0 Å². The van der Waals surface area contributed by atoms with Crippen LogP contribution in [0, 0.1) is 0 Å². The van der Waals surface area contributed by atoms with Crippen LogP contribution in [-0.4, -0.2) is 40.1 Å². The van der Waals surface area contributed by atoms with Crippen molar-refractivity contribution in [2.45, 2.75) is 24.1 Å². The summed E-state index contributed by atoms with van der Waals surface area (Å²) in [4.78, 5) is 11.9. The molecule has 0 radical (unpaired) electrons. The lowest BCUT2D eigenvalue weighted by Gasteiger charge is -2.27. The van der Waals surface area contributed by atoms with Crippen LogP contribution in [0.15, 0.2) is 30.3 Å². The van der Waals surface area contributed by atoms with E-state index in [0.29, 0.717) is 6.42 Å². The quantitative estimate of drug-likeness (QED) is 0.565. The lowest BCUT2D eigenvalue weighted by atomic mass is 10.0. The van der Waals surface area contributed by atoms with Gasteiger partial charge < -0.3 is 15.5 Å². The lowest BCUT2D eigenvalue weighted by molar-refractivity contribution is -0.123. The van der Waals surface area contributed by atoms with E-state index in [1.807, 2.05) is 30.3 Å². The average Bonchev–Trinajstić information content (AvgIpc) is 2.39. The van der Waals surface area contributed by atoms with Crippen LogP contribution in [0.5, 0.6) is 0 Å². The Morgan fingerprint density at radius 2 is 1.89 bits per heavy atom. The van der Waals surface area contributed by atoms with Crippen molar-refractivity contribution in [1.82, 2.24) is 5.32 Å². The number of nitrogens with one attached hydrogen (secondary N) is 1. The minimum absolute atomic E-state index is 0.298. The molecule has 100 valence electrons. The van der Waals surface area contributed by atoms with Crippen molar-refractivity contribution >= 4 is 18.5 Å². The zero-order chi connectivity index (χ0) is 13.6. The van der Waals surface area contributed by atoms with Crippen LogP contribution in [-0.2, 0) is 11.2 Å². The molecule has 5 heteroatoms. The highest BCUT2D eigenvalue weighted by atomic mass is 32.1. The van der Waals surface area contributed by atoms with Crippen LogP contribution in [0.1, 0.15) is 12.5 Å². The fourth-order valence-corrected chi connectivity index (χ4v) is 1.72. The minimum Gasteiger partial charge on any atom is -0.394 e. The molecule has 0 aliphatic carbocycles. The zero-order valence-electron chi connectivity index (χ0n) is 10.3. The van der Waals surface area contributed by atoms with Crippen LogP contribution in [0.3, 0.4) is 0 Å². The molecule has 0 heterocycles. The van der Waals surface area contributed by atoms with Gasteiger partial charge in [-0.1, -0.05) is 30.3 Å². The van der Waals surface area contributed by atoms with E-state index in [-0.39, 0.29) is 19.1 Å². The van der Waals surface area contributed by atoms with E-state index in [9.17, 15) is 4.79 Å². The van der Waals surface area contributed by atoms with Crippen LogP contribution in [0.4, 0.5) is 0 Å². The molecule has 0 aromatic heterocycles. The maximum atomic E-state index is 11.9. The third kappa shape index (κ3) is 4.33. The number of benzene rings is 1. The van der Waals surface area contributed by atoms with Crippen molar-refractivity contribution < 1.29 is 15.0 Å². The van der Waals surface area contributed by atoms with Gasteiger partial charge in [-0.25, -0.2) is 0 Å². The number of thiol groups is 1. The van der Waals surface area contributed by atoms with E-state index in [0.717, 1.165) is 5.56 Å². The van der Waals surface area contributed by atoms with Gasteiger partial charge >= 0.3 is 0 Å². The Morgan fingerprint density at radius 1 is 1.33 bits per heavy atom. The summed E-state index contributed by atoms with van der Waals surface area (Å²) in [5.41, 5.74) is 0.0109. The first kappa shape index (κ1) is 15.0. The number of hydrogen-bond acceptors (Lipinski definition) is 4. The molecule has 0 saturated heterocycles. The highest BCUT2D eigenvalue weighted by Gasteiger charge is 2.27. The molecule has 1 aromatic carbocycles. The normalized spacial score (nSPS) is 13.1. The lowest BCUT2D eigenvalue weighted by Crippen LogP contribution is -2.54. The van der Waals surface area contributed by atoms with E-state index >= 15 is 0 Å². The van der Waals surface area contributed by atoms with Gasteiger partial charge in [0.2, 0.25) is 5.91 Å². The van der Waals surface area contributed by atoms with Crippen molar-refractivity contribution in [1.29, 1.82) is 0 Å². The molecule has 1 unspecified atom stereocenters. The molecule has 0 aliphatic rings. The third-order valence-corrected chi connectivity index (χ3v) is 3.11. The molecule has 3 N–H and O–H groups in total. The fraction of sp³-hybridized carbons (Fsp3) is 0.462. The predicted molar refractivity (Wildman–Crippen MR) is 73.6 cm³/mol. The molecule has 0 aliphatic heterocycles. The number of rotatable bonds is 6. The molecule has 1 atom stereocenters. The van der Waals surface area contributed by atoms with Gasteiger partial charge in [-0.15, -0.1) is 0 Å². The molecule has 0 spiro atoms. The first-order chi connectivity index (χ1) is 8.50. The molecule has 0 fully saturated rings. The summed E-state index contributed by atoms with van der Waals surface area (Å²) in [6.07, 6.45) is 0.503. The molecule has 0 saturated carbocycles. The topological polar surface area (TPSA) is 69.6 Å². The summed E-state index contributed by atoms with van der Waals surface area (Å²) < 4.78 is 0. The Bertz CT molecular complexity index is 379. The Labute approximate surface area is 112 Å². The van der Waals surface area contributed by atoms with Gasteiger partial charge in [0.1, 0.15) is 0 Å². The molecular weight excluding hydrogens is 250 g/mol. The Kier molecular flexibility index (Phi) is 5.65. The van der Waals surface area contributed by atoms with Crippen molar-refractivity contribution in [3.63, 3.8) is 0 Å². The summed E-state index contributed by atoms with van der Waals surface area (Å²) in [5, 5.41) is 20.3. The number of amides is 1. The van der Waals surface area contributed by atoms with Crippen LogP contribution >= 0.6 is 12.6 Å². The van der Waals surface area contributed by atoms with Gasteiger partial charge in [0.25, 0.3) is 0 Å². The van der Waals surface area contributed by atoms with Crippen molar-refractivity contribution in [2.24, 2.45) is 0 Å². The standard InChI is InChI=1S/C13H19NO3S/c1-13(8-15,9-16)14-12(17)11(18)7-10-5-3-2-4-6-10/h2-6,11,15-16,18H,7-9H2,1H3,(H,14,17). The Morgan fingerprint density at radius 3 is 2.39 bits per heavy atom. The van der Waals surface area contributed by atoms with Gasteiger partial charge in [0, 0.05) is 0 Å². The summed E-state index contributed by atoms with van der Waals surface area (Å²) in [5.74, 6) is -0.298. The zero-order valence-corrected chi connectivity index (χ0v) is 11.2. The number of hydrogen-bond donors (Lipinski definition) is 4. The largest absolute Gasteiger partial charge is 0.394 e. The van der Waals surface area contributed by atoms with Gasteiger partial charge in [-0.3, -0.25) is 4.79 Å². The summed E-state index contributed by atoms with van der Waals surface area (Å²) >= 11 is 4.25. The maximum Gasteiger partial charge on any atom is 0.233 e. The summed E-state index contributed by atoms with van der Waals surface area (Å²) in [6, 6.07) is 9.56. The van der Waals surface area contributed by atoms with Gasteiger partial charge in [-0.2, -0.15) is 12.6 Å². The van der Waals surface area contributed by atoms with E-state index in [4.69, 9.17) is 10.2 Å². The second kappa shape index (κ2) is 6.78. The summed E-state index contributed by atoms with van der Waals surface area (Å²) in [6.45, 7) is 0.941. The second-order valence-electron chi connectivity index (χ2n) is 4.57. The highest BCUT2D eigenvalue weighted by Crippen LogP contribution is 2.10. The molecule has 4 nitrogen and oxygen atoms in total. The molecule has 18 heavy (non-hydrogen) atoms. The van der Waals surface area contributed by atoms with Crippen molar-refractivity contribution in [2.75, 3.05) is 13.2 Å². The number of aliphatic hydroxyl groups is 2. The van der Waals surface area contributed by atoms with E-state index < -0.39 is 10.8 Å². The first-order valence-corrected chi connectivity index (χ1v) is 6.28. The number of carbonyl (C=O) groups excluding carboxylic acids is 1. The van der Waals surface area contributed by atoms with Crippen LogP contribution < -0.4 is 5.32 Å². The molecule has 1 aromatic rings. The smallest absolute Gasteiger partial charge is 0.233 e. The van der Waals surface area contributed by atoms with Crippen molar-refractivity contribution in [3.05, 3.63) is 35.9 Å². The third-order valence-electron chi connectivity index (χ3n) is 2.70.